The molecule has 3 N–H and O–H groups in total. The molecular formula is C10H10N4O. The molecule has 0 saturated heterocycles. The normalized spacial score (nSPS) is 10.2. The SMILES string of the molecule is Cc1ccncc1-c1nc(N)cc(=O)[nH]1. The lowest BCUT2D eigenvalue weighted by atomic mass is 10.1. The first-order valence-electron chi connectivity index (χ1n) is 4.44. The highest BCUT2D eigenvalue weighted by Gasteiger charge is 2.04. The van der Waals surface area contributed by atoms with Crippen LogP contribution in [-0.4, -0.2) is 15.0 Å². The topological polar surface area (TPSA) is 84.7 Å². The van der Waals surface area contributed by atoms with E-state index in [4.69, 9.17) is 5.73 Å². The summed E-state index contributed by atoms with van der Waals surface area (Å²) in [6.07, 6.45) is 3.33. The maximum atomic E-state index is 11.2. The molecule has 0 aromatic carbocycles. The standard InChI is InChI=1S/C10H10N4O/c1-6-2-3-12-5-7(6)10-13-8(11)4-9(15)14-10/h2-5H,1H3,(H3,11,13,14,15). The van der Waals surface area contributed by atoms with Gasteiger partial charge in [-0.2, -0.15) is 0 Å². The van der Waals surface area contributed by atoms with Gasteiger partial charge in [0.1, 0.15) is 11.6 Å². The number of aromatic nitrogens is 3. The van der Waals surface area contributed by atoms with Gasteiger partial charge < -0.3 is 10.7 Å². The van der Waals surface area contributed by atoms with Crippen molar-refractivity contribution in [1.82, 2.24) is 15.0 Å². The third kappa shape index (κ3) is 1.85. The minimum Gasteiger partial charge on any atom is -0.383 e. The molecule has 0 amide bonds. The van der Waals surface area contributed by atoms with Crippen LogP contribution < -0.4 is 11.3 Å². The minimum atomic E-state index is -0.263. The fourth-order valence-electron chi connectivity index (χ4n) is 1.32. The van der Waals surface area contributed by atoms with Crippen molar-refractivity contribution < 1.29 is 0 Å². The molecule has 0 atom stereocenters. The summed E-state index contributed by atoms with van der Waals surface area (Å²) >= 11 is 0. The molecule has 0 aliphatic rings. The lowest BCUT2D eigenvalue weighted by molar-refractivity contribution is 1.12. The van der Waals surface area contributed by atoms with E-state index in [0.29, 0.717) is 5.82 Å². The number of nitrogens with zero attached hydrogens (tertiary/aromatic N) is 2. The largest absolute Gasteiger partial charge is 0.383 e. The summed E-state index contributed by atoms with van der Waals surface area (Å²) in [5.41, 5.74) is 7.00. The van der Waals surface area contributed by atoms with Crippen LogP contribution in [0.15, 0.2) is 29.3 Å². The summed E-state index contributed by atoms with van der Waals surface area (Å²) in [5.74, 6) is 0.655. The summed E-state index contributed by atoms with van der Waals surface area (Å²) in [6.45, 7) is 1.92. The Labute approximate surface area is 86.0 Å². The van der Waals surface area contributed by atoms with E-state index in [1.54, 1.807) is 12.4 Å². The van der Waals surface area contributed by atoms with Gasteiger partial charge in [-0.05, 0) is 18.6 Å². The molecule has 2 aromatic rings. The van der Waals surface area contributed by atoms with E-state index in [9.17, 15) is 4.79 Å². The van der Waals surface area contributed by atoms with Gasteiger partial charge in [0, 0.05) is 24.0 Å². The van der Waals surface area contributed by atoms with Gasteiger partial charge in [-0.1, -0.05) is 0 Å². The van der Waals surface area contributed by atoms with Crippen molar-refractivity contribution in [2.75, 3.05) is 5.73 Å². The van der Waals surface area contributed by atoms with Crippen LogP contribution in [0.1, 0.15) is 5.56 Å². The van der Waals surface area contributed by atoms with Crippen LogP contribution in [0, 0.1) is 6.92 Å². The lowest BCUT2D eigenvalue weighted by Crippen LogP contribution is -2.10. The number of hydrogen-bond acceptors (Lipinski definition) is 4. The molecule has 0 spiro atoms. The fraction of sp³-hybridized carbons (Fsp3) is 0.100. The fourth-order valence-corrected chi connectivity index (χ4v) is 1.32. The predicted molar refractivity (Wildman–Crippen MR) is 57.2 cm³/mol. The number of nitrogens with one attached hydrogen (secondary N) is 1. The van der Waals surface area contributed by atoms with Crippen molar-refractivity contribution in [3.63, 3.8) is 0 Å². The molecule has 15 heavy (non-hydrogen) atoms. The van der Waals surface area contributed by atoms with Crippen LogP contribution >= 0.6 is 0 Å². The summed E-state index contributed by atoms with van der Waals surface area (Å²) in [6, 6.07) is 3.09. The van der Waals surface area contributed by atoms with Crippen molar-refractivity contribution in [2.24, 2.45) is 0 Å². The van der Waals surface area contributed by atoms with Crippen molar-refractivity contribution in [2.45, 2.75) is 6.92 Å². The Balaban J connectivity index is 2.64. The first-order valence-corrected chi connectivity index (χ1v) is 4.44. The molecule has 0 aliphatic carbocycles. The van der Waals surface area contributed by atoms with E-state index < -0.39 is 0 Å². The summed E-state index contributed by atoms with van der Waals surface area (Å²) in [4.78, 5) is 21.8. The molecular weight excluding hydrogens is 192 g/mol. The summed E-state index contributed by atoms with van der Waals surface area (Å²) in [5, 5.41) is 0. The van der Waals surface area contributed by atoms with Crippen LogP contribution in [0.2, 0.25) is 0 Å². The Morgan fingerprint density at radius 1 is 1.47 bits per heavy atom. The van der Waals surface area contributed by atoms with Crippen LogP contribution in [0.5, 0.6) is 0 Å². The van der Waals surface area contributed by atoms with Crippen LogP contribution in [-0.2, 0) is 0 Å². The smallest absolute Gasteiger partial charge is 0.253 e. The number of hydrogen-bond donors (Lipinski definition) is 2. The van der Waals surface area contributed by atoms with Crippen molar-refractivity contribution in [3.05, 3.63) is 40.4 Å². The number of H-pyrrole nitrogens is 1. The second-order valence-electron chi connectivity index (χ2n) is 3.21. The minimum absolute atomic E-state index is 0.206. The third-order valence-corrected chi connectivity index (χ3v) is 2.06. The molecule has 0 fully saturated rings. The molecule has 0 saturated carbocycles. The molecule has 2 heterocycles. The maximum Gasteiger partial charge on any atom is 0.253 e. The average Bonchev–Trinajstić information content (AvgIpc) is 2.16. The monoisotopic (exact) mass is 202 g/mol. The maximum absolute atomic E-state index is 11.2. The van der Waals surface area contributed by atoms with Gasteiger partial charge >= 0.3 is 0 Å². The zero-order valence-corrected chi connectivity index (χ0v) is 8.19. The highest BCUT2D eigenvalue weighted by molar-refractivity contribution is 5.59. The number of rotatable bonds is 1. The molecule has 76 valence electrons. The number of nitrogens with two attached hydrogens (primary N) is 1. The van der Waals surface area contributed by atoms with Gasteiger partial charge in [-0.25, -0.2) is 4.98 Å². The Morgan fingerprint density at radius 3 is 2.93 bits per heavy atom. The number of nitrogen functional groups attached to an aromatic ring is 1. The molecule has 2 aromatic heterocycles. The highest BCUT2D eigenvalue weighted by atomic mass is 16.1. The van der Waals surface area contributed by atoms with Gasteiger partial charge in [-0.3, -0.25) is 9.78 Å². The van der Waals surface area contributed by atoms with Gasteiger partial charge in [0.15, 0.2) is 0 Å². The zero-order valence-electron chi connectivity index (χ0n) is 8.19. The molecule has 5 nitrogen and oxygen atoms in total. The van der Waals surface area contributed by atoms with Crippen molar-refractivity contribution >= 4 is 5.82 Å². The number of aryl methyl sites for hydroxylation is 1. The number of aromatic amines is 1. The first kappa shape index (κ1) is 9.39. The van der Waals surface area contributed by atoms with Gasteiger partial charge in [0.25, 0.3) is 5.56 Å². The van der Waals surface area contributed by atoms with Gasteiger partial charge in [0.2, 0.25) is 0 Å². The zero-order chi connectivity index (χ0) is 10.8. The van der Waals surface area contributed by atoms with E-state index in [0.717, 1.165) is 11.1 Å². The highest BCUT2D eigenvalue weighted by Crippen LogP contribution is 2.16. The van der Waals surface area contributed by atoms with E-state index in [1.165, 1.54) is 6.07 Å². The van der Waals surface area contributed by atoms with Crippen molar-refractivity contribution in [1.29, 1.82) is 0 Å². The molecule has 0 bridgehead atoms. The third-order valence-electron chi connectivity index (χ3n) is 2.06. The Hall–Kier alpha value is -2.17. The van der Waals surface area contributed by atoms with Crippen LogP contribution in [0.3, 0.4) is 0 Å². The second kappa shape index (κ2) is 3.53. The Bertz CT molecular complexity index is 547. The number of pyridine rings is 1. The Morgan fingerprint density at radius 2 is 2.27 bits per heavy atom. The Kier molecular flexibility index (Phi) is 2.21. The van der Waals surface area contributed by atoms with E-state index in [-0.39, 0.29) is 11.4 Å². The summed E-state index contributed by atoms with van der Waals surface area (Å²) in [7, 11) is 0. The van der Waals surface area contributed by atoms with Crippen LogP contribution in [0.4, 0.5) is 5.82 Å². The molecule has 5 heteroatoms. The second-order valence-corrected chi connectivity index (χ2v) is 3.21. The van der Waals surface area contributed by atoms with Gasteiger partial charge in [0.05, 0.1) is 0 Å². The summed E-state index contributed by atoms with van der Waals surface area (Å²) < 4.78 is 0. The average molecular weight is 202 g/mol. The number of anilines is 1. The quantitative estimate of drug-likeness (QED) is 0.713. The van der Waals surface area contributed by atoms with Gasteiger partial charge in [-0.15, -0.1) is 0 Å². The molecule has 0 unspecified atom stereocenters. The van der Waals surface area contributed by atoms with E-state index >= 15 is 0 Å². The van der Waals surface area contributed by atoms with E-state index in [1.807, 2.05) is 13.0 Å². The molecule has 0 aliphatic heterocycles. The van der Waals surface area contributed by atoms with E-state index in [2.05, 4.69) is 15.0 Å². The van der Waals surface area contributed by atoms with Crippen LogP contribution in [0.25, 0.3) is 11.4 Å². The lowest BCUT2D eigenvalue weighted by Gasteiger charge is -2.03. The molecule has 0 radical (unpaired) electrons. The first-order chi connectivity index (χ1) is 7.16. The van der Waals surface area contributed by atoms with Crippen molar-refractivity contribution in [3.8, 4) is 11.4 Å². The predicted octanol–water partition coefficient (Wildman–Crippen LogP) is 0.723. The molecule has 2 rings (SSSR count).